The molecule has 3 heteroatoms. The first-order chi connectivity index (χ1) is 8.67. The topological polar surface area (TPSA) is 46.5 Å². The second kappa shape index (κ2) is 5.53. The lowest BCUT2D eigenvalue weighted by atomic mass is 9.92. The summed E-state index contributed by atoms with van der Waals surface area (Å²) < 4.78 is 4.74. The Morgan fingerprint density at radius 1 is 1.50 bits per heavy atom. The van der Waals surface area contributed by atoms with Crippen LogP contribution in [0.5, 0.6) is 0 Å². The number of carbonyl (C=O) groups is 1. The van der Waals surface area contributed by atoms with Crippen molar-refractivity contribution < 1.29 is 14.6 Å². The molecule has 1 aliphatic rings. The molecule has 1 aromatic carbocycles. The average molecular weight is 248 g/mol. The van der Waals surface area contributed by atoms with Crippen molar-refractivity contribution >= 4 is 5.97 Å². The first-order valence-corrected chi connectivity index (χ1v) is 6.53. The molecular formula is C15H20O3. The van der Waals surface area contributed by atoms with Gasteiger partial charge in [0.25, 0.3) is 0 Å². The Balaban J connectivity index is 2.18. The Bertz CT molecular complexity index is 424. The first kappa shape index (κ1) is 13.1. The van der Waals surface area contributed by atoms with Crippen LogP contribution in [-0.2, 0) is 9.53 Å². The van der Waals surface area contributed by atoms with Crippen molar-refractivity contribution in [3.8, 4) is 0 Å². The molecule has 0 aromatic heterocycles. The second-order valence-corrected chi connectivity index (χ2v) is 4.93. The van der Waals surface area contributed by atoms with Gasteiger partial charge in [-0.05, 0) is 36.3 Å². The van der Waals surface area contributed by atoms with Crippen molar-refractivity contribution in [2.24, 2.45) is 5.92 Å². The zero-order valence-corrected chi connectivity index (χ0v) is 10.9. The number of aliphatic hydroxyl groups excluding tert-OH is 1. The molecule has 0 heterocycles. The number of benzene rings is 1. The van der Waals surface area contributed by atoms with Crippen LogP contribution in [-0.4, -0.2) is 18.2 Å². The number of hydrogen-bond donors (Lipinski definition) is 1. The highest BCUT2D eigenvalue weighted by Gasteiger charge is 2.29. The highest BCUT2D eigenvalue weighted by Crippen LogP contribution is 2.41. The van der Waals surface area contributed by atoms with Gasteiger partial charge in [0.2, 0.25) is 0 Å². The second-order valence-electron chi connectivity index (χ2n) is 4.93. The van der Waals surface area contributed by atoms with Gasteiger partial charge in [-0.1, -0.05) is 31.2 Å². The number of methoxy groups -OCH3 is 1. The molecule has 2 atom stereocenters. The van der Waals surface area contributed by atoms with Gasteiger partial charge < -0.3 is 9.84 Å². The molecule has 1 aliphatic carbocycles. The van der Waals surface area contributed by atoms with Gasteiger partial charge in [-0.3, -0.25) is 4.79 Å². The van der Waals surface area contributed by atoms with E-state index in [1.165, 1.54) is 25.5 Å². The number of aliphatic hydroxyl groups is 1. The van der Waals surface area contributed by atoms with Crippen LogP contribution in [0.4, 0.5) is 0 Å². The summed E-state index contributed by atoms with van der Waals surface area (Å²) in [5.74, 6) is -0.179. The molecule has 18 heavy (non-hydrogen) atoms. The Hall–Kier alpha value is -1.35. The normalized spacial score (nSPS) is 18.2. The van der Waals surface area contributed by atoms with Gasteiger partial charge in [0.1, 0.15) is 0 Å². The zero-order valence-electron chi connectivity index (χ0n) is 10.9. The van der Waals surface area contributed by atoms with Crippen LogP contribution >= 0.6 is 0 Å². The zero-order chi connectivity index (χ0) is 13.1. The predicted molar refractivity (Wildman–Crippen MR) is 69.2 cm³/mol. The third kappa shape index (κ3) is 2.72. The molecule has 1 N–H and O–H groups in total. The molecule has 98 valence electrons. The fourth-order valence-corrected chi connectivity index (χ4v) is 2.32. The minimum atomic E-state index is -0.777. The number of rotatable bonds is 5. The molecule has 2 rings (SSSR count). The molecule has 1 fully saturated rings. The van der Waals surface area contributed by atoms with E-state index in [-0.39, 0.29) is 5.97 Å². The first-order valence-electron chi connectivity index (χ1n) is 6.53. The maximum absolute atomic E-state index is 11.6. The summed E-state index contributed by atoms with van der Waals surface area (Å²) in [7, 11) is 1.36. The van der Waals surface area contributed by atoms with Crippen molar-refractivity contribution in [2.45, 2.75) is 38.2 Å². The third-order valence-electron chi connectivity index (χ3n) is 3.63. The lowest BCUT2D eigenvalue weighted by molar-refractivity contribution is -0.149. The van der Waals surface area contributed by atoms with E-state index in [2.05, 4.69) is 6.07 Å². The van der Waals surface area contributed by atoms with Crippen LogP contribution in [0.15, 0.2) is 24.3 Å². The van der Waals surface area contributed by atoms with Crippen LogP contribution in [0.2, 0.25) is 0 Å². The van der Waals surface area contributed by atoms with Gasteiger partial charge in [0.05, 0.1) is 19.1 Å². The standard InChI is InChI=1S/C15H20O3/c1-3-13(15(17)18-2)14(16)12-6-4-5-11(9-12)10-7-8-10/h4-6,9-10,13-14,16H,3,7-8H2,1-2H3. The van der Waals surface area contributed by atoms with Crippen LogP contribution in [0.25, 0.3) is 0 Å². The third-order valence-corrected chi connectivity index (χ3v) is 3.63. The number of esters is 1. The number of hydrogen-bond acceptors (Lipinski definition) is 3. The van der Waals surface area contributed by atoms with Gasteiger partial charge in [-0.25, -0.2) is 0 Å². The van der Waals surface area contributed by atoms with Gasteiger partial charge in [0, 0.05) is 0 Å². The van der Waals surface area contributed by atoms with E-state index in [4.69, 9.17) is 4.74 Å². The fourth-order valence-electron chi connectivity index (χ4n) is 2.32. The van der Waals surface area contributed by atoms with Gasteiger partial charge in [0.15, 0.2) is 0 Å². The minimum absolute atomic E-state index is 0.346. The van der Waals surface area contributed by atoms with Crippen molar-refractivity contribution in [1.82, 2.24) is 0 Å². The monoisotopic (exact) mass is 248 g/mol. The van der Waals surface area contributed by atoms with Gasteiger partial charge in [-0.15, -0.1) is 0 Å². The summed E-state index contributed by atoms with van der Waals surface area (Å²) in [5.41, 5.74) is 2.09. The average Bonchev–Trinajstić information content (AvgIpc) is 3.23. The summed E-state index contributed by atoms with van der Waals surface area (Å²) in [4.78, 5) is 11.6. The van der Waals surface area contributed by atoms with Gasteiger partial charge in [-0.2, -0.15) is 0 Å². The van der Waals surface area contributed by atoms with Crippen molar-refractivity contribution in [1.29, 1.82) is 0 Å². The summed E-state index contributed by atoms with van der Waals surface area (Å²) in [6.07, 6.45) is 2.25. The van der Waals surface area contributed by atoms with E-state index in [1.54, 1.807) is 0 Å². The maximum atomic E-state index is 11.6. The molecule has 0 spiro atoms. The van der Waals surface area contributed by atoms with E-state index in [0.717, 1.165) is 5.56 Å². The SMILES string of the molecule is CCC(C(=O)OC)C(O)c1cccc(C2CC2)c1. The maximum Gasteiger partial charge on any atom is 0.311 e. The Morgan fingerprint density at radius 3 is 2.78 bits per heavy atom. The van der Waals surface area contributed by atoms with E-state index in [1.807, 2.05) is 25.1 Å². The minimum Gasteiger partial charge on any atom is -0.469 e. The largest absolute Gasteiger partial charge is 0.469 e. The van der Waals surface area contributed by atoms with E-state index < -0.39 is 12.0 Å². The molecule has 0 saturated heterocycles. The molecule has 2 unspecified atom stereocenters. The van der Waals surface area contributed by atoms with E-state index in [9.17, 15) is 9.90 Å². The van der Waals surface area contributed by atoms with Crippen LogP contribution < -0.4 is 0 Å². The highest BCUT2D eigenvalue weighted by molar-refractivity contribution is 5.73. The van der Waals surface area contributed by atoms with Gasteiger partial charge >= 0.3 is 5.97 Å². The Labute approximate surface area is 108 Å². The molecule has 0 bridgehead atoms. The molecule has 0 amide bonds. The molecule has 1 saturated carbocycles. The highest BCUT2D eigenvalue weighted by atomic mass is 16.5. The molecule has 3 nitrogen and oxygen atoms in total. The predicted octanol–water partition coefficient (Wildman–Crippen LogP) is 2.80. The fraction of sp³-hybridized carbons (Fsp3) is 0.533. The molecule has 0 radical (unpaired) electrons. The van der Waals surface area contributed by atoms with E-state index in [0.29, 0.717) is 12.3 Å². The summed E-state index contributed by atoms with van der Waals surface area (Å²) >= 11 is 0. The molecule has 0 aliphatic heterocycles. The Kier molecular flexibility index (Phi) is 4.02. The number of ether oxygens (including phenoxy) is 1. The summed E-state index contributed by atoms with van der Waals surface area (Å²) in [6, 6.07) is 7.94. The van der Waals surface area contributed by atoms with Crippen LogP contribution in [0.3, 0.4) is 0 Å². The smallest absolute Gasteiger partial charge is 0.311 e. The number of carbonyl (C=O) groups excluding carboxylic acids is 1. The Morgan fingerprint density at radius 2 is 2.22 bits per heavy atom. The summed E-state index contributed by atoms with van der Waals surface area (Å²) in [6.45, 7) is 1.88. The lowest BCUT2D eigenvalue weighted by Gasteiger charge is -2.20. The van der Waals surface area contributed by atoms with Crippen molar-refractivity contribution in [2.75, 3.05) is 7.11 Å². The quantitative estimate of drug-likeness (QED) is 0.815. The van der Waals surface area contributed by atoms with Crippen molar-refractivity contribution in [3.05, 3.63) is 35.4 Å². The summed E-state index contributed by atoms with van der Waals surface area (Å²) in [5, 5.41) is 10.3. The van der Waals surface area contributed by atoms with Crippen molar-refractivity contribution in [3.63, 3.8) is 0 Å². The molecular weight excluding hydrogens is 228 g/mol. The van der Waals surface area contributed by atoms with E-state index >= 15 is 0 Å². The van der Waals surface area contributed by atoms with Crippen LogP contribution in [0, 0.1) is 5.92 Å². The molecule has 1 aromatic rings. The van der Waals surface area contributed by atoms with Crippen LogP contribution in [0.1, 0.15) is 49.3 Å². The lowest BCUT2D eigenvalue weighted by Crippen LogP contribution is -2.23.